The number of hydrogen-bond acceptors (Lipinski definition) is 3. The van der Waals surface area contributed by atoms with Crippen molar-refractivity contribution in [2.45, 2.75) is 20.0 Å². The zero-order chi connectivity index (χ0) is 19.1. The van der Waals surface area contributed by atoms with Gasteiger partial charge in [-0.25, -0.2) is 4.79 Å². The Kier molecular flexibility index (Phi) is 6.96. The lowest BCUT2D eigenvalue weighted by atomic mass is 10.1. The van der Waals surface area contributed by atoms with Gasteiger partial charge in [0.15, 0.2) is 0 Å². The summed E-state index contributed by atoms with van der Waals surface area (Å²) in [4.78, 5) is 16.6. The van der Waals surface area contributed by atoms with Crippen LogP contribution in [-0.2, 0) is 13.1 Å². The largest absolute Gasteiger partial charge is 0.494 e. The smallest absolute Gasteiger partial charge is 0.317 e. The van der Waals surface area contributed by atoms with Crippen LogP contribution in [0.2, 0.25) is 5.02 Å². The summed E-state index contributed by atoms with van der Waals surface area (Å²) in [6, 6.07) is 15.7. The molecule has 0 aromatic heterocycles. The van der Waals surface area contributed by atoms with Gasteiger partial charge in [-0.3, -0.25) is 4.90 Å². The first kappa shape index (κ1) is 19.5. The Balaban J connectivity index is 1.46. The van der Waals surface area contributed by atoms with Crippen LogP contribution >= 0.6 is 11.6 Å². The molecule has 6 heteroatoms. The van der Waals surface area contributed by atoms with Gasteiger partial charge in [-0.1, -0.05) is 41.9 Å². The van der Waals surface area contributed by atoms with Crippen molar-refractivity contribution in [1.29, 1.82) is 0 Å². The van der Waals surface area contributed by atoms with Crippen molar-refractivity contribution in [3.05, 3.63) is 64.7 Å². The van der Waals surface area contributed by atoms with E-state index < -0.39 is 0 Å². The molecule has 0 radical (unpaired) electrons. The van der Waals surface area contributed by atoms with Crippen molar-refractivity contribution in [1.82, 2.24) is 15.1 Å². The van der Waals surface area contributed by atoms with Gasteiger partial charge in [0.2, 0.25) is 0 Å². The molecule has 0 saturated carbocycles. The normalized spacial score (nSPS) is 14.8. The number of hydrogen-bond donors (Lipinski definition) is 1. The van der Waals surface area contributed by atoms with Gasteiger partial charge in [0.25, 0.3) is 0 Å². The molecule has 144 valence electrons. The fourth-order valence-corrected chi connectivity index (χ4v) is 3.43. The molecule has 1 aliphatic heterocycles. The Morgan fingerprint density at radius 3 is 2.63 bits per heavy atom. The highest BCUT2D eigenvalue weighted by molar-refractivity contribution is 6.30. The Bertz CT molecular complexity index is 761. The number of urea groups is 1. The third-order valence-electron chi connectivity index (χ3n) is 4.66. The zero-order valence-corrected chi connectivity index (χ0v) is 16.4. The van der Waals surface area contributed by atoms with Crippen LogP contribution in [0, 0.1) is 0 Å². The summed E-state index contributed by atoms with van der Waals surface area (Å²) in [6.45, 7) is 7.14. The summed E-state index contributed by atoms with van der Waals surface area (Å²) in [5.74, 6) is 0.946. The molecule has 2 aromatic rings. The second kappa shape index (κ2) is 9.62. The quantitative estimate of drug-likeness (QED) is 0.820. The third-order valence-corrected chi connectivity index (χ3v) is 4.89. The minimum absolute atomic E-state index is 0.0238. The van der Waals surface area contributed by atoms with Crippen molar-refractivity contribution < 1.29 is 9.53 Å². The maximum Gasteiger partial charge on any atom is 0.317 e. The average Bonchev–Trinajstić information content (AvgIpc) is 2.68. The lowest BCUT2D eigenvalue weighted by Crippen LogP contribution is -2.51. The predicted octanol–water partition coefficient (Wildman–Crippen LogP) is 3.77. The molecule has 2 amide bonds. The fourth-order valence-electron chi connectivity index (χ4n) is 3.22. The van der Waals surface area contributed by atoms with Gasteiger partial charge in [-0.15, -0.1) is 0 Å². The van der Waals surface area contributed by atoms with Gasteiger partial charge in [-0.05, 0) is 30.7 Å². The summed E-state index contributed by atoms with van der Waals surface area (Å²) in [5, 5.41) is 3.66. The zero-order valence-electron chi connectivity index (χ0n) is 15.7. The number of piperazine rings is 1. The van der Waals surface area contributed by atoms with Crippen LogP contribution in [0.5, 0.6) is 5.75 Å². The van der Waals surface area contributed by atoms with E-state index in [0.29, 0.717) is 18.2 Å². The number of rotatable bonds is 6. The second-order valence-corrected chi connectivity index (χ2v) is 7.03. The van der Waals surface area contributed by atoms with Gasteiger partial charge in [0.05, 0.1) is 6.61 Å². The highest BCUT2D eigenvalue weighted by Crippen LogP contribution is 2.20. The first-order valence-electron chi connectivity index (χ1n) is 9.36. The summed E-state index contributed by atoms with van der Waals surface area (Å²) in [7, 11) is 0. The average molecular weight is 388 g/mol. The molecule has 1 N–H and O–H groups in total. The van der Waals surface area contributed by atoms with Gasteiger partial charge >= 0.3 is 6.03 Å². The van der Waals surface area contributed by atoms with E-state index in [1.165, 1.54) is 5.56 Å². The van der Waals surface area contributed by atoms with E-state index in [1.54, 1.807) is 0 Å². The lowest BCUT2D eigenvalue weighted by Gasteiger charge is -2.35. The van der Waals surface area contributed by atoms with Gasteiger partial charge in [0, 0.05) is 49.9 Å². The van der Waals surface area contributed by atoms with E-state index in [1.807, 2.05) is 54.3 Å². The second-order valence-electron chi connectivity index (χ2n) is 6.59. The number of halogens is 1. The first-order chi connectivity index (χ1) is 13.2. The molecule has 0 unspecified atom stereocenters. The molecule has 3 rings (SSSR count). The van der Waals surface area contributed by atoms with Crippen LogP contribution in [-0.4, -0.2) is 48.6 Å². The van der Waals surface area contributed by atoms with Crippen molar-refractivity contribution >= 4 is 17.6 Å². The first-order valence-corrected chi connectivity index (χ1v) is 9.74. The molecule has 0 aliphatic carbocycles. The van der Waals surface area contributed by atoms with E-state index in [9.17, 15) is 4.79 Å². The molecule has 1 heterocycles. The molecule has 0 atom stereocenters. The van der Waals surface area contributed by atoms with Crippen LogP contribution in [0.3, 0.4) is 0 Å². The van der Waals surface area contributed by atoms with Crippen LogP contribution in [0.25, 0.3) is 0 Å². The topological polar surface area (TPSA) is 44.8 Å². The Labute approximate surface area is 165 Å². The molecule has 5 nitrogen and oxygen atoms in total. The number of nitrogens with zero attached hydrogens (tertiary/aromatic N) is 2. The number of ether oxygens (including phenoxy) is 1. The number of benzene rings is 2. The number of nitrogens with one attached hydrogen (secondary N) is 1. The van der Waals surface area contributed by atoms with E-state index in [-0.39, 0.29) is 6.03 Å². The van der Waals surface area contributed by atoms with Gasteiger partial charge < -0.3 is 15.0 Å². The minimum atomic E-state index is -0.0238. The van der Waals surface area contributed by atoms with E-state index in [0.717, 1.165) is 44.0 Å². The maximum absolute atomic E-state index is 12.4. The van der Waals surface area contributed by atoms with E-state index >= 15 is 0 Å². The van der Waals surface area contributed by atoms with E-state index in [2.05, 4.69) is 16.3 Å². The van der Waals surface area contributed by atoms with Crippen molar-refractivity contribution in [3.8, 4) is 5.75 Å². The highest BCUT2D eigenvalue weighted by Gasteiger charge is 2.21. The van der Waals surface area contributed by atoms with Crippen LogP contribution in [0.15, 0.2) is 48.5 Å². The summed E-state index contributed by atoms with van der Waals surface area (Å²) < 4.78 is 5.71. The molecule has 1 saturated heterocycles. The molecule has 2 aromatic carbocycles. The van der Waals surface area contributed by atoms with Crippen molar-refractivity contribution in [2.75, 3.05) is 32.8 Å². The SMILES string of the molecule is CCOc1ccccc1CN1CCN(C(=O)NCc2cccc(Cl)c2)CC1. The monoisotopic (exact) mass is 387 g/mol. The van der Waals surface area contributed by atoms with Crippen molar-refractivity contribution in [3.63, 3.8) is 0 Å². The summed E-state index contributed by atoms with van der Waals surface area (Å²) in [5.41, 5.74) is 2.19. The summed E-state index contributed by atoms with van der Waals surface area (Å²) >= 11 is 5.98. The number of amides is 2. The number of para-hydroxylation sites is 1. The molecular formula is C21H26ClN3O2. The van der Waals surface area contributed by atoms with Gasteiger partial charge in [0.1, 0.15) is 5.75 Å². The van der Waals surface area contributed by atoms with Gasteiger partial charge in [-0.2, -0.15) is 0 Å². The molecule has 0 bridgehead atoms. The predicted molar refractivity (Wildman–Crippen MR) is 108 cm³/mol. The highest BCUT2D eigenvalue weighted by atomic mass is 35.5. The van der Waals surface area contributed by atoms with E-state index in [4.69, 9.17) is 16.3 Å². The lowest BCUT2D eigenvalue weighted by molar-refractivity contribution is 0.134. The Hall–Kier alpha value is -2.24. The van der Waals surface area contributed by atoms with Crippen molar-refractivity contribution in [2.24, 2.45) is 0 Å². The fraction of sp³-hybridized carbons (Fsp3) is 0.381. The number of carbonyl (C=O) groups is 1. The standard InChI is InChI=1S/C21H26ClN3O2/c1-2-27-20-9-4-3-7-18(20)16-24-10-12-25(13-11-24)21(26)23-15-17-6-5-8-19(22)14-17/h3-9,14H,2,10-13,15-16H2,1H3,(H,23,26). The van der Waals surface area contributed by atoms with Crippen LogP contribution in [0.1, 0.15) is 18.1 Å². The minimum Gasteiger partial charge on any atom is -0.494 e. The maximum atomic E-state index is 12.4. The Morgan fingerprint density at radius 1 is 1.11 bits per heavy atom. The number of carbonyl (C=O) groups excluding carboxylic acids is 1. The van der Waals surface area contributed by atoms with Crippen LogP contribution < -0.4 is 10.1 Å². The third kappa shape index (κ3) is 5.62. The van der Waals surface area contributed by atoms with Crippen LogP contribution in [0.4, 0.5) is 4.79 Å². The molecule has 1 fully saturated rings. The Morgan fingerprint density at radius 2 is 1.89 bits per heavy atom. The molecular weight excluding hydrogens is 362 g/mol. The molecule has 27 heavy (non-hydrogen) atoms. The molecule has 1 aliphatic rings. The molecule has 0 spiro atoms. The summed E-state index contributed by atoms with van der Waals surface area (Å²) in [6.07, 6.45) is 0.